The summed E-state index contributed by atoms with van der Waals surface area (Å²) in [6.07, 6.45) is 10.4. The highest BCUT2D eigenvalue weighted by Gasteiger charge is 2.22. The van der Waals surface area contributed by atoms with Gasteiger partial charge < -0.3 is 9.88 Å². The van der Waals surface area contributed by atoms with Gasteiger partial charge in [-0.05, 0) is 25.2 Å². The summed E-state index contributed by atoms with van der Waals surface area (Å²) in [5.41, 5.74) is 0. The van der Waals surface area contributed by atoms with Crippen LogP contribution in [0.4, 0.5) is 0 Å². The molecule has 90 valence electrons. The van der Waals surface area contributed by atoms with Crippen molar-refractivity contribution in [1.82, 2.24) is 14.9 Å². The fourth-order valence-electron chi connectivity index (χ4n) is 2.66. The van der Waals surface area contributed by atoms with E-state index in [1.807, 2.05) is 12.4 Å². The van der Waals surface area contributed by atoms with Crippen LogP contribution in [0.2, 0.25) is 0 Å². The first-order chi connectivity index (χ1) is 7.79. The normalized spacial score (nSPS) is 25.1. The smallest absolute Gasteiger partial charge is 0.109 e. The summed E-state index contributed by atoms with van der Waals surface area (Å²) < 4.78 is 2.10. The van der Waals surface area contributed by atoms with E-state index >= 15 is 0 Å². The van der Waals surface area contributed by atoms with E-state index in [4.69, 9.17) is 0 Å². The first-order valence-electron chi connectivity index (χ1n) is 6.49. The second-order valence-electron chi connectivity index (χ2n) is 4.94. The summed E-state index contributed by atoms with van der Waals surface area (Å²) in [4.78, 5) is 4.33. The average Bonchev–Trinajstić information content (AvgIpc) is 2.89. The zero-order valence-electron chi connectivity index (χ0n) is 10.4. The minimum atomic E-state index is 0.755. The van der Waals surface area contributed by atoms with Crippen LogP contribution in [0.15, 0.2) is 12.4 Å². The molecule has 1 aromatic heterocycles. The molecule has 0 aromatic carbocycles. The van der Waals surface area contributed by atoms with Crippen molar-refractivity contribution in [2.45, 2.75) is 45.1 Å². The Morgan fingerprint density at radius 2 is 2.38 bits per heavy atom. The summed E-state index contributed by atoms with van der Waals surface area (Å²) in [5, 5.41) is 3.66. The van der Waals surface area contributed by atoms with Gasteiger partial charge in [0.25, 0.3) is 0 Å². The van der Waals surface area contributed by atoms with Gasteiger partial charge in [0.15, 0.2) is 0 Å². The van der Waals surface area contributed by atoms with E-state index in [0.29, 0.717) is 0 Å². The van der Waals surface area contributed by atoms with Gasteiger partial charge in [-0.3, -0.25) is 0 Å². The van der Waals surface area contributed by atoms with Gasteiger partial charge in [-0.15, -0.1) is 0 Å². The van der Waals surface area contributed by atoms with Gasteiger partial charge in [-0.1, -0.05) is 13.3 Å². The highest BCUT2D eigenvalue weighted by atomic mass is 15.0. The Balaban J connectivity index is 1.67. The van der Waals surface area contributed by atoms with Crippen molar-refractivity contribution in [2.75, 3.05) is 6.54 Å². The van der Waals surface area contributed by atoms with E-state index in [9.17, 15) is 0 Å². The molecule has 2 atom stereocenters. The summed E-state index contributed by atoms with van der Waals surface area (Å²) in [7, 11) is 2.06. The van der Waals surface area contributed by atoms with Crippen LogP contribution in [0.25, 0.3) is 0 Å². The molecule has 0 bridgehead atoms. The highest BCUT2D eigenvalue weighted by molar-refractivity contribution is 4.92. The Labute approximate surface area is 98.3 Å². The van der Waals surface area contributed by atoms with Crippen molar-refractivity contribution >= 4 is 0 Å². The molecule has 3 nitrogen and oxygen atoms in total. The Hall–Kier alpha value is -0.830. The van der Waals surface area contributed by atoms with Crippen LogP contribution in [0.3, 0.4) is 0 Å². The van der Waals surface area contributed by atoms with E-state index in [1.54, 1.807) is 0 Å². The number of aryl methyl sites for hydroxylation is 1. The van der Waals surface area contributed by atoms with Crippen LogP contribution in [0.1, 0.15) is 38.4 Å². The molecule has 16 heavy (non-hydrogen) atoms. The number of nitrogens with one attached hydrogen (secondary N) is 1. The largest absolute Gasteiger partial charge is 0.338 e. The van der Waals surface area contributed by atoms with Gasteiger partial charge in [0, 0.05) is 38.4 Å². The molecule has 1 saturated carbocycles. The lowest BCUT2D eigenvalue weighted by Crippen LogP contribution is -2.29. The molecule has 0 amide bonds. The minimum Gasteiger partial charge on any atom is -0.338 e. The fraction of sp³-hybridized carbons (Fsp3) is 0.769. The van der Waals surface area contributed by atoms with E-state index in [-0.39, 0.29) is 0 Å². The van der Waals surface area contributed by atoms with Crippen LogP contribution in [0, 0.1) is 5.92 Å². The SMILES string of the molecule is CCC1CCC(NCCc2nccn2C)C1. The van der Waals surface area contributed by atoms with E-state index in [2.05, 4.69) is 28.8 Å². The van der Waals surface area contributed by atoms with Crippen molar-refractivity contribution in [1.29, 1.82) is 0 Å². The molecule has 1 fully saturated rings. The molecule has 1 aliphatic carbocycles. The molecule has 1 heterocycles. The van der Waals surface area contributed by atoms with Crippen LogP contribution < -0.4 is 5.32 Å². The second kappa shape index (κ2) is 5.48. The Bertz CT molecular complexity index is 319. The first-order valence-corrected chi connectivity index (χ1v) is 6.49. The Morgan fingerprint density at radius 1 is 1.50 bits per heavy atom. The number of aromatic nitrogens is 2. The molecule has 0 radical (unpaired) electrons. The fourth-order valence-corrected chi connectivity index (χ4v) is 2.66. The topological polar surface area (TPSA) is 29.9 Å². The zero-order valence-corrected chi connectivity index (χ0v) is 10.4. The standard InChI is InChI=1S/C13H23N3/c1-3-11-4-5-12(10-11)14-7-6-13-15-8-9-16(13)2/h8-9,11-12,14H,3-7,10H2,1-2H3. The van der Waals surface area contributed by atoms with Crippen LogP contribution in [0.5, 0.6) is 0 Å². The highest BCUT2D eigenvalue weighted by Crippen LogP contribution is 2.27. The summed E-state index contributed by atoms with van der Waals surface area (Å²) in [6, 6.07) is 0.755. The lowest BCUT2D eigenvalue weighted by Gasteiger charge is -2.12. The third-order valence-corrected chi connectivity index (χ3v) is 3.82. The Morgan fingerprint density at radius 3 is 3.00 bits per heavy atom. The lowest BCUT2D eigenvalue weighted by atomic mass is 10.1. The molecular weight excluding hydrogens is 198 g/mol. The molecule has 0 spiro atoms. The molecule has 2 rings (SSSR count). The van der Waals surface area contributed by atoms with Crippen molar-refractivity contribution in [3.63, 3.8) is 0 Å². The van der Waals surface area contributed by atoms with E-state index < -0.39 is 0 Å². The molecule has 2 unspecified atom stereocenters. The van der Waals surface area contributed by atoms with Gasteiger partial charge in [-0.25, -0.2) is 4.98 Å². The predicted molar refractivity (Wildman–Crippen MR) is 66.3 cm³/mol. The van der Waals surface area contributed by atoms with Crippen LogP contribution >= 0.6 is 0 Å². The van der Waals surface area contributed by atoms with Crippen molar-refractivity contribution in [2.24, 2.45) is 13.0 Å². The monoisotopic (exact) mass is 221 g/mol. The number of rotatable bonds is 5. The van der Waals surface area contributed by atoms with Gasteiger partial charge in [0.1, 0.15) is 5.82 Å². The maximum atomic E-state index is 4.33. The quantitative estimate of drug-likeness (QED) is 0.825. The molecule has 3 heteroatoms. The van der Waals surface area contributed by atoms with Gasteiger partial charge in [-0.2, -0.15) is 0 Å². The molecule has 1 aromatic rings. The third-order valence-electron chi connectivity index (χ3n) is 3.82. The molecular formula is C13H23N3. The molecule has 1 N–H and O–H groups in total. The molecule has 0 aliphatic heterocycles. The number of nitrogens with zero attached hydrogens (tertiary/aromatic N) is 2. The number of hydrogen-bond donors (Lipinski definition) is 1. The average molecular weight is 221 g/mol. The first kappa shape index (κ1) is 11.6. The maximum absolute atomic E-state index is 4.33. The molecule has 1 aliphatic rings. The second-order valence-corrected chi connectivity index (χ2v) is 4.94. The van der Waals surface area contributed by atoms with E-state index in [0.717, 1.165) is 24.9 Å². The van der Waals surface area contributed by atoms with Crippen LogP contribution in [-0.4, -0.2) is 22.1 Å². The van der Waals surface area contributed by atoms with Crippen molar-refractivity contribution < 1.29 is 0 Å². The summed E-state index contributed by atoms with van der Waals surface area (Å²) >= 11 is 0. The Kier molecular flexibility index (Phi) is 3.99. The van der Waals surface area contributed by atoms with E-state index in [1.165, 1.54) is 31.5 Å². The summed E-state index contributed by atoms with van der Waals surface area (Å²) in [6.45, 7) is 3.37. The van der Waals surface area contributed by atoms with Gasteiger partial charge in [0.05, 0.1) is 0 Å². The maximum Gasteiger partial charge on any atom is 0.109 e. The van der Waals surface area contributed by atoms with Gasteiger partial charge >= 0.3 is 0 Å². The van der Waals surface area contributed by atoms with Gasteiger partial charge in [0.2, 0.25) is 0 Å². The summed E-state index contributed by atoms with van der Waals surface area (Å²) in [5.74, 6) is 2.14. The van der Waals surface area contributed by atoms with Crippen molar-refractivity contribution in [3.05, 3.63) is 18.2 Å². The minimum absolute atomic E-state index is 0.755. The lowest BCUT2D eigenvalue weighted by molar-refractivity contribution is 0.476. The molecule has 0 saturated heterocycles. The van der Waals surface area contributed by atoms with Crippen molar-refractivity contribution in [3.8, 4) is 0 Å². The van der Waals surface area contributed by atoms with Crippen LogP contribution in [-0.2, 0) is 13.5 Å². The number of hydrogen-bond acceptors (Lipinski definition) is 2. The zero-order chi connectivity index (χ0) is 11.4. The third kappa shape index (κ3) is 2.85. The predicted octanol–water partition coefficient (Wildman–Crippen LogP) is 2.13. The number of imidazole rings is 1.